The van der Waals surface area contributed by atoms with Gasteiger partial charge in [-0.2, -0.15) is 0 Å². The van der Waals surface area contributed by atoms with Crippen molar-refractivity contribution in [2.75, 3.05) is 26.4 Å². The van der Waals surface area contributed by atoms with Gasteiger partial charge in [0.25, 0.3) is 0 Å². The molecule has 0 amide bonds. The fourth-order valence-corrected chi connectivity index (χ4v) is 15.3. The van der Waals surface area contributed by atoms with Crippen LogP contribution in [-0.2, 0) is 47.4 Å². The highest BCUT2D eigenvalue weighted by molar-refractivity contribution is 5.29. The van der Waals surface area contributed by atoms with Crippen LogP contribution in [0.4, 0.5) is 0 Å². The number of allylic oxidation sites excluding steroid dienone is 1. The summed E-state index contributed by atoms with van der Waals surface area (Å²) in [7, 11) is 0. The molecule has 6 saturated heterocycles. The van der Waals surface area contributed by atoms with Crippen LogP contribution < -0.4 is 0 Å². The van der Waals surface area contributed by atoms with Crippen molar-refractivity contribution in [2.45, 2.75) is 227 Å². The zero-order valence-electron chi connectivity index (χ0n) is 41.7. The summed E-state index contributed by atoms with van der Waals surface area (Å²) in [6.45, 7) is 9.22. The van der Waals surface area contributed by atoms with Gasteiger partial charge in [0, 0.05) is 24.2 Å². The standard InChI is InChI=1S/C50H80O22/c1-19-8-11-50(64-17-19)20(2)32-28(72-50)14-26-24-7-6-22-12-23(53)13-31(49(22,5)25(24)9-10-48(26,32)4)68-46-40(62)41(36(58)30(16-52)67-46)69-47-43(71-44-38(60)34(56)27(54)18-63-44)42(33(55)21(3)65-47)70-45-39(61)37(59)35(57)29(15-51)66-45/h6,19-21,23-47,51-62H,7-18H2,1-5H3/t19-,20?,21-,23+,24?,25?,26?,27+,28?,29+,30+,31+,32?,33-,34-,35+,36+,37-,38+,39+,40+,41-,42+,43+,44+,45-,46-,47-,48-,49-,50?/m0/s1. The van der Waals surface area contributed by atoms with E-state index in [0.29, 0.717) is 30.8 Å². The molecule has 0 aromatic carbocycles. The van der Waals surface area contributed by atoms with Crippen molar-refractivity contribution < 1.29 is 109 Å². The van der Waals surface area contributed by atoms with Gasteiger partial charge in [0.15, 0.2) is 30.9 Å². The fourth-order valence-electron chi connectivity index (χ4n) is 15.3. The molecule has 12 N–H and O–H groups in total. The van der Waals surface area contributed by atoms with Gasteiger partial charge in [-0.15, -0.1) is 0 Å². The third-order valence-corrected chi connectivity index (χ3v) is 19.5. The number of ether oxygens (including phenoxy) is 10. The second-order valence-electron chi connectivity index (χ2n) is 23.5. The lowest BCUT2D eigenvalue weighted by Gasteiger charge is -2.60. The largest absolute Gasteiger partial charge is 0.394 e. The molecule has 31 atom stereocenters. The molecule has 22 heteroatoms. The molecule has 10 aliphatic rings. The van der Waals surface area contributed by atoms with E-state index >= 15 is 0 Å². The van der Waals surface area contributed by atoms with E-state index in [9.17, 15) is 61.3 Å². The van der Waals surface area contributed by atoms with Crippen molar-refractivity contribution in [3.63, 3.8) is 0 Å². The number of aliphatic hydroxyl groups excluding tert-OH is 12. The molecule has 0 aromatic rings. The van der Waals surface area contributed by atoms with Crippen LogP contribution in [0.5, 0.6) is 0 Å². The number of aliphatic hydroxyl groups is 12. The van der Waals surface area contributed by atoms with Crippen molar-refractivity contribution >= 4 is 0 Å². The van der Waals surface area contributed by atoms with E-state index in [0.717, 1.165) is 44.1 Å². The molecule has 0 bridgehead atoms. The Morgan fingerprint density at radius 2 is 1.29 bits per heavy atom. The number of hydrogen-bond acceptors (Lipinski definition) is 22. The van der Waals surface area contributed by atoms with Crippen LogP contribution in [0.15, 0.2) is 11.6 Å². The van der Waals surface area contributed by atoms with E-state index in [-0.39, 0.29) is 35.7 Å². The molecular formula is C50H80O22. The smallest absolute Gasteiger partial charge is 0.187 e. The van der Waals surface area contributed by atoms with Crippen LogP contribution in [-0.4, -0.2) is 229 Å². The Labute approximate surface area is 419 Å². The van der Waals surface area contributed by atoms with E-state index in [1.54, 1.807) is 0 Å². The van der Waals surface area contributed by atoms with Gasteiger partial charge in [0.05, 0.1) is 50.8 Å². The fraction of sp³-hybridized carbons (Fsp3) is 0.960. The molecule has 0 radical (unpaired) electrons. The minimum absolute atomic E-state index is 0.0164. The maximum atomic E-state index is 12.3. The second kappa shape index (κ2) is 20.6. The molecule has 6 aliphatic heterocycles. The summed E-state index contributed by atoms with van der Waals surface area (Å²) in [4.78, 5) is 0. The Kier molecular flexibility index (Phi) is 15.5. The zero-order valence-corrected chi connectivity index (χ0v) is 41.7. The Morgan fingerprint density at radius 1 is 0.625 bits per heavy atom. The van der Waals surface area contributed by atoms with Gasteiger partial charge in [0.2, 0.25) is 0 Å². The lowest BCUT2D eigenvalue weighted by Crippen LogP contribution is -2.68. The molecule has 1 spiro atoms. The van der Waals surface area contributed by atoms with Crippen LogP contribution >= 0.6 is 0 Å². The summed E-state index contributed by atoms with van der Waals surface area (Å²) in [6, 6.07) is 0. The molecular weight excluding hydrogens is 953 g/mol. The first kappa shape index (κ1) is 54.2. The molecule has 3 saturated carbocycles. The van der Waals surface area contributed by atoms with E-state index < -0.39 is 160 Å². The van der Waals surface area contributed by atoms with Crippen molar-refractivity contribution in [3.05, 3.63) is 11.6 Å². The average molecular weight is 1030 g/mol. The molecule has 10 rings (SSSR count). The third kappa shape index (κ3) is 8.99. The first-order chi connectivity index (χ1) is 34.1. The third-order valence-electron chi connectivity index (χ3n) is 19.5. The van der Waals surface area contributed by atoms with Crippen molar-refractivity contribution in [2.24, 2.45) is 46.3 Å². The van der Waals surface area contributed by atoms with Crippen molar-refractivity contribution in [3.8, 4) is 0 Å². The topological polar surface area (TPSA) is 335 Å². The summed E-state index contributed by atoms with van der Waals surface area (Å²) < 4.78 is 62.4. The first-order valence-electron chi connectivity index (χ1n) is 26.4. The molecule has 4 aliphatic carbocycles. The predicted molar refractivity (Wildman–Crippen MR) is 242 cm³/mol. The Hall–Kier alpha value is -1.14. The Bertz CT molecular complexity index is 1910. The molecule has 22 nitrogen and oxygen atoms in total. The second-order valence-corrected chi connectivity index (χ2v) is 23.5. The van der Waals surface area contributed by atoms with Gasteiger partial charge in [-0.3, -0.25) is 0 Å². The molecule has 9 fully saturated rings. The van der Waals surface area contributed by atoms with Crippen LogP contribution in [0.1, 0.15) is 86.0 Å². The van der Waals surface area contributed by atoms with Crippen LogP contribution in [0.2, 0.25) is 0 Å². The number of hydrogen-bond donors (Lipinski definition) is 12. The predicted octanol–water partition coefficient (Wildman–Crippen LogP) is -2.35. The monoisotopic (exact) mass is 1030 g/mol. The highest BCUT2D eigenvalue weighted by Gasteiger charge is 2.70. The quantitative estimate of drug-likeness (QED) is 0.102. The van der Waals surface area contributed by atoms with E-state index in [1.807, 2.05) is 0 Å². The molecule has 6 heterocycles. The van der Waals surface area contributed by atoms with Gasteiger partial charge >= 0.3 is 0 Å². The molecule has 0 aromatic heterocycles. The first-order valence-corrected chi connectivity index (χ1v) is 26.4. The van der Waals surface area contributed by atoms with E-state index in [1.165, 1.54) is 6.92 Å². The SMILES string of the molecule is CC1C2C(CC3C4CC=C5C[C@@H](O)C[C@@H](O[C@@H]6O[C@H](CO)[C@@H](O)[C@H](O[C@@H]7O[C@@H](C)[C@H](O)[C@@H](O[C@@H]8O[C@H](CO)[C@@H](O)[C@H](O)[C@H]8O)[C@H]7O[C@H]7OC[C@@H](O)[C@H](O)[C@H]7O)[C@H]6O)[C@]5(C)C4CC[C@@]32C)OC12CC[C@H](C)CO2. The summed E-state index contributed by atoms with van der Waals surface area (Å²) in [5.74, 6) is 1.31. The summed E-state index contributed by atoms with van der Waals surface area (Å²) in [6.07, 6.45) is -25.0. The van der Waals surface area contributed by atoms with Crippen LogP contribution in [0.3, 0.4) is 0 Å². The van der Waals surface area contributed by atoms with Gasteiger partial charge in [-0.25, -0.2) is 0 Å². The number of rotatable bonds is 10. The highest BCUT2D eigenvalue weighted by atomic mass is 16.8. The minimum atomic E-state index is -1.94. The highest BCUT2D eigenvalue weighted by Crippen LogP contribution is 2.71. The average Bonchev–Trinajstić information content (AvgIpc) is 3.80. The van der Waals surface area contributed by atoms with Crippen LogP contribution in [0, 0.1) is 46.3 Å². The van der Waals surface area contributed by atoms with Crippen molar-refractivity contribution in [1.29, 1.82) is 0 Å². The lowest BCUT2D eigenvalue weighted by atomic mass is 9.46. The Balaban J connectivity index is 0.905. The minimum Gasteiger partial charge on any atom is -0.394 e. The summed E-state index contributed by atoms with van der Waals surface area (Å²) in [5.41, 5.74) is 0.465. The van der Waals surface area contributed by atoms with Crippen molar-refractivity contribution in [1.82, 2.24) is 0 Å². The molecule has 412 valence electrons. The maximum absolute atomic E-state index is 12.3. The maximum Gasteiger partial charge on any atom is 0.187 e. The normalized spacial score (nSPS) is 57.8. The van der Waals surface area contributed by atoms with E-state index in [4.69, 9.17) is 47.4 Å². The summed E-state index contributed by atoms with van der Waals surface area (Å²) >= 11 is 0. The Morgan fingerprint density at radius 3 is 1.99 bits per heavy atom. The number of fused-ring (bicyclic) bond motifs is 7. The van der Waals surface area contributed by atoms with Crippen LogP contribution in [0.25, 0.3) is 0 Å². The molecule has 72 heavy (non-hydrogen) atoms. The van der Waals surface area contributed by atoms with Gasteiger partial charge in [0.1, 0.15) is 85.5 Å². The van der Waals surface area contributed by atoms with Gasteiger partial charge in [-0.1, -0.05) is 39.3 Å². The summed E-state index contributed by atoms with van der Waals surface area (Å²) in [5, 5.41) is 131. The van der Waals surface area contributed by atoms with Gasteiger partial charge < -0.3 is 109 Å². The molecule has 7 unspecified atom stereocenters. The van der Waals surface area contributed by atoms with Gasteiger partial charge in [-0.05, 0) is 80.5 Å². The van der Waals surface area contributed by atoms with E-state index in [2.05, 4.69) is 33.8 Å². The lowest BCUT2D eigenvalue weighted by molar-refractivity contribution is -0.401. The zero-order chi connectivity index (χ0) is 51.5.